The Morgan fingerprint density at radius 1 is 0.625 bits per heavy atom. The lowest BCUT2D eigenvalue weighted by Crippen LogP contribution is -2.16. The van der Waals surface area contributed by atoms with Gasteiger partial charge in [-0.3, -0.25) is 0 Å². The van der Waals surface area contributed by atoms with E-state index in [9.17, 15) is 0 Å². The van der Waals surface area contributed by atoms with Gasteiger partial charge in [0.1, 0.15) is 0 Å². The maximum Gasteiger partial charge on any atom is 0.0465 e. The van der Waals surface area contributed by atoms with E-state index in [1.807, 2.05) is 0 Å². The third kappa shape index (κ3) is 3.43. The Labute approximate surface area is 197 Å². The minimum atomic E-state index is -0.167. The average molecular weight is 436 g/mol. The molecule has 160 valence electrons. The second kappa shape index (κ2) is 7.56. The van der Waals surface area contributed by atoms with Gasteiger partial charge in [0.15, 0.2) is 0 Å². The van der Waals surface area contributed by atoms with Crippen LogP contribution in [0, 0.1) is 0 Å². The van der Waals surface area contributed by atoms with Crippen LogP contribution in [0.3, 0.4) is 0 Å². The molecule has 1 aliphatic carbocycles. The third-order valence-corrected chi connectivity index (χ3v) is 6.93. The van der Waals surface area contributed by atoms with Crippen molar-refractivity contribution in [1.29, 1.82) is 0 Å². The van der Waals surface area contributed by atoms with Gasteiger partial charge in [0.05, 0.1) is 0 Å². The lowest BCUT2D eigenvalue weighted by Gasteiger charge is -2.28. The fourth-order valence-electron chi connectivity index (χ4n) is 4.87. The number of hydrogen-bond acceptors (Lipinski definition) is 2. The van der Waals surface area contributed by atoms with E-state index in [2.05, 4.69) is 130 Å². The van der Waals surface area contributed by atoms with Crippen molar-refractivity contribution < 1.29 is 0 Å². The Kier molecular flexibility index (Phi) is 4.94. The van der Waals surface area contributed by atoms with Gasteiger partial charge in [-0.2, -0.15) is 12.6 Å². The smallest absolute Gasteiger partial charge is 0.0465 e. The normalized spacial score (nSPS) is 14.0. The van der Waals surface area contributed by atoms with Gasteiger partial charge in [0.25, 0.3) is 0 Å². The van der Waals surface area contributed by atoms with E-state index in [-0.39, 0.29) is 10.2 Å². The van der Waals surface area contributed by atoms with Crippen molar-refractivity contribution in [3.8, 4) is 11.1 Å². The topological polar surface area (TPSA) is 3.24 Å². The minimum Gasteiger partial charge on any atom is -0.310 e. The largest absolute Gasteiger partial charge is 0.310 e. The van der Waals surface area contributed by atoms with E-state index in [0.29, 0.717) is 0 Å². The molecular weight excluding hydrogens is 406 g/mol. The standard InChI is InChI=1S/C30H29NS/c1-29(2)27-13-9-8-12-25(27)26-19-18-24(20-28(26)29)31(22-10-6-5-7-11-22)23-16-14-21(15-17-23)30(3,4)32/h5-20,32H,1-4H3. The van der Waals surface area contributed by atoms with Crippen LogP contribution >= 0.6 is 12.6 Å². The Morgan fingerprint density at radius 2 is 1.19 bits per heavy atom. The Hall–Kier alpha value is -2.97. The molecule has 0 saturated carbocycles. The molecule has 1 nitrogen and oxygen atoms in total. The predicted octanol–water partition coefficient (Wildman–Crippen LogP) is 8.63. The van der Waals surface area contributed by atoms with Gasteiger partial charge < -0.3 is 4.90 Å². The van der Waals surface area contributed by atoms with Crippen LogP contribution < -0.4 is 4.90 Å². The van der Waals surface area contributed by atoms with Crippen LogP contribution in [0.1, 0.15) is 44.4 Å². The van der Waals surface area contributed by atoms with Crippen LogP contribution in [0.5, 0.6) is 0 Å². The highest BCUT2D eigenvalue weighted by atomic mass is 32.1. The van der Waals surface area contributed by atoms with Crippen molar-refractivity contribution in [2.45, 2.75) is 37.9 Å². The summed E-state index contributed by atoms with van der Waals surface area (Å²) in [4.78, 5) is 2.34. The minimum absolute atomic E-state index is 0.0236. The van der Waals surface area contributed by atoms with E-state index >= 15 is 0 Å². The summed E-state index contributed by atoms with van der Waals surface area (Å²) in [6.07, 6.45) is 0. The van der Waals surface area contributed by atoms with Crippen molar-refractivity contribution in [3.05, 3.63) is 114 Å². The molecule has 0 heterocycles. The van der Waals surface area contributed by atoms with Crippen LogP contribution in [0.2, 0.25) is 0 Å². The average Bonchev–Trinajstić information content (AvgIpc) is 3.02. The summed E-state index contributed by atoms with van der Waals surface area (Å²) in [6, 6.07) is 35.1. The maximum absolute atomic E-state index is 4.74. The lowest BCUT2D eigenvalue weighted by atomic mass is 9.82. The summed E-state index contributed by atoms with van der Waals surface area (Å²) in [5.41, 5.74) is 10.1. The number of nitrogens with zero attached hydrogens (tertiary/aromatic N) is 1. The molecule has 32 heavy (non-hydrogen) atoms. The van der Waals surface area contributed by atoms with Crippen molar-refractivity contribution in [2.24, 2.45) is 0 Å². The molecule has 4 aromatic rings. The van der Waals surface area contributed by atoms with E-state index < -0.39 is 0 Å². The Balaban J connectivity index is 1.65. The van der Waals surface area contributed by atoms with Crippen molar-refractivity contribution >= 4 is 29.7 Å². The zero-order valence-electron chi connectivity index (χ0n) is 19.1. The fraction of sp³-hybridized carbons (Fsp3) is 0.200. The first kappa shape index (κ1) is 20.9. The molecular formula is C30H29NS. The predicted molar refractivity (Wildman–Crippen MR) is 141 cm³/mol. The summed E-state index contributed by atoms with van der Waals surface area (Å²) in [6.45, 7) is 8.91. The van der Waals surface area contributed by atoms with E-state index in [0.717, 1.165) is 11.4 Å². The summed E-state index contributed by atoms with van der Waals surface area (Å²) in [5, 5.41) is 0. The first-order valence-corrected chi connectivity index (χ1v) is 11.6. The first-order chi connectivity index (χ1) is 15.3. The second-order valence-corrected chi connectivity index (χ2v) is 10.8. The molecule has 4 aromatic carbocycles. The molecule has 0 aromatic heterocycles. The molecule has 0 amide bonds. The third-order valence-electron chi connectivity index (χ3n) is 6.67. The number of fused-ring (bicyclic) bond motifs is 3. The monoisotopic (exact) mass is 435 g/mol. The summed E-state index contributed by atoms with van der Waals surface area (Å²) in [5.74, 6) is 0. The van der Waals surface area contributed by atoms with Gasteiger partial charge in [-0.15, -0.1) is 0 Å². The van der Waals surface area contributed by atoms with Crippen LogP contribution in [0.4, 0.5) is 17.1 Å². The van der Waals surface area contributed by atoms with Crippen LogP contribution in [0.15, 0.2) is 97.1 Å². The van der Waals surface area contributed by atoms with E-state index in [1.165, 1.54) is 33.5 Å². The van der Waals surface area contributed by atoms with Gasteiger partial charge in [-0.25, -0.2) is 0 Å². The number of para-hydroxylation sites is 1. The van der Waals surface area contributed by atoms with Gasteiger partial charge in [-0.1, -0.05) is 74.5 Å². The number of rotatable bonds is 4. The molecule has 0 fully saturated rings. The molecule has 0 unspecified atom stereocenters. The highest BCUT2D eigenvalue weighted by Crippen LogP contribution is 2.50. The van der Waals surface area contributed by atoms with Gasteiger partial charge in [0, 0.05) is 27.2 Å². The first-order valence-electron chi connectivity index (χ1n) is 11.2. The molecule has 1 aliphatic rings. The van der Waals surface area contributed by atoms with Gasteiger partial charge in [-0.05, 0) is 78.1 Å². The molecule has 0 aliphatic heterocycles. The molecule has 0 spiro atoms. The van der Waals surface area contributed by atoms with Gasteiger partial charge >= 0.3 is 0 Å². The highest BCUT2D eigenvalue weighted by molar-refractivity contribution is 7.81. The highest BCUT2D eigenvalue weighted by Gasteiger charge is 2.35. The quantitative estimate of drug-likeness (QED) is 0.314. The van der Waals surface area contributed by atoms with Crippen molar-refractivity contribution in [3.63, 3.8) is 0 Å². The van der Waals surface area contributed by atoms with E-state index in [1.54, 1.807) is 0 Å². The summed E-state index contributed by atoms with van der Waals surface area (Å²) < 4.78 is -0.167. The van der Waals surface area contributed by atoms with E-state index in [4.69, 9.17) is 12.6 Å². The molecule has 2 heteroatoms. The second-order valence-electron chi connectivity index (χ2n) is 9.68. The summed E-state index contributed by atoms with van der Waals surface area (Å²) in [7, 11) is 0. The molecule has 0 bridgehead atoms. The van der Waals surface area contributed by atoms with Crippen molar-refractivity contribution in [1.82, 2.24) is 0 Å². The molecule has 5 rings (SSSR count). The zero-order chi connectivity index (χ0) is 22.5. The molecule has 0 N–H and O–H groups in total. The summed E-state index contributed by atoms with van der Waals surface area (Å²) >= 11 is 4.74. The molecule has 0 saturated heterocycles. The Morgan fingerprint density at radius 3 is 1.88 bits per heavy atom. The zero-order valence-corrected chi connectivity index (χ0v) is 20.0. The van der Waals surface area contributed by atoms with Gasteiger partial charge in [0.2, 0.25) is 0 Å². The van der Waals surface area contributed by atoms with Crippen molar-refractivity contribution in [2.75, 3.05) is 4.90 Å². The molecule has 0 atom stereocenters. The Bertz CT molecular complexity index is 1260. The van der Waals surface area contributed by atoms with Crippen LogP contribution in [0.25, 0.3) is 11.1 Å². The maximum atomic E-state index is 4.74. The molecule has 0 radical (unpaired) electrons. The number of thiol groups is 1. The SMILES string of the molecule is CC(C)(S)c1ccc(N(c2ccccc2)c2ccc3c(c2)C(C)(C)c2ccccc2-3)cc1. The van der Waals surface area contributed by atoms with Crippen LogP contribution in [-0.4, -0.2) is 0 Å². The number of benzene rings is 4. The van der Waals surface area contributed by atoms with Crippen LogP contribution in [-0.2, 0) is 10.2 Å². The number of anilines is 3. The number of hydrogen-bond donors (Lipinski definition) is 1. The lowest BCUT2D eigenvalue weighted by molar-refractivity contribution is 0.660. The fourth-order valence-corrected chi connectivity index (χ4v) is 5.02.